The number of anilines is 1. The number of rotatable bonds is 3. The summed E-state index contributed by atoms with van der Waals surface area (Å²) in [6.45, 7) is 0. The Hall–Kier alpha value is -2.37. The van der Waals surface area contributed by atoms with Gasteiger partial charge in [0.2, 0.25) is 5.76 Å². The maximum absolute atomic E-state index is 13.3. The lowest BCUT2D eigenvalue weighted by molar-refractivity contribution is 0.0987. The molecule has 88 valence electrons. The lowest BCUT2D eigenvalue weighted by atomic mass is 10.3. The molecular weight excluding hydrogens is 227 g/mol. The lowest BCUT2D eigenvalue weighted by Crippen LogP contribution is -2.11. The van der Waals surface area contributed by atoms with Gasteiger partial charge in [0.1, 0.15) is 5.82 Å². The largest absolute Gasteiger partial charge is 0.479 e. The van der Waals surface area contributed by atoms with Gasteiger partial charge in [-0.15, -0.1) is 0 Å². The molecule has 0 saturated heterocycles. The average molecular weight is 236 g/mol. The predicted octanol–water partition coefficient (Wildman–Crippen LogP) is 2.07. The highest BCUT2D eigenvalue weighted by Gasteiger charge is 2.14. The second kappa shape index (κ2) is 4.65. The number of halogens is 1. The zero-order valence-corrected chi connectivity index (χ0v) is 8.94. The van der Waals surface area contributed by atoms with Crippen LogP contribution in [0.25, 0.3) is 0 Å². The fourth-order valence-electron chi connectivity index (χ4n) is 1.21. The van der Waals surface area contributed by atoms with Gasteiger partial charge in [0.25, 0.3) is 11.8 Å². The fourth-order valence-corrected chi connectivity index (χ4v) is 1.21. The zero-order chi connectivity index (χ0) is 12.3. The predicted molar refractivity (Wildman–Crippen MR) is 57.4 cm³/mol. The van der Waals surface area contributed by atoms with Crippen LogP contribution in [0.1, 0.15) is 10.6 Å². The minimum atomic E-state index is -0.592. The molecule has 2 rings (SSSR count). The molecule has 0 aliphatic rings. The minimum absolute atomic E-state index is 0.0508. The van der Waals surface area contributed by atoms with E-state index in [9.17, 15) is 9.18 Å². The normalized spacial score (nSPS) is 10.0. The van der Waals surface area contributed by atoms with E-state index in [1.165, 1.54) is 31.4 Å². The van der Waals surface area contributed by atoms with E-state index in [4.69, 9.17) is 9.26 Å². The average Bonchev–Trinajstić information content (AvgIpc) is 2.81. The Morgan fingerprint density at radius 3 is 2.88 bits per heavy atom. The SMILES string of the molecule is COc1cc(C(=O)Nc2ccccc2F)on1. The standard InChI is InChI=1S/C11H9FN2O3/c1-16-10-6-9(17-14-10)11(15)13-8-5-3-2-4-7(8)12/h2-6H,1H3,(H,13,15). The first-order valence-electron chi connectivity index (χ1n) is 4.77. The summed E-state index contributed by atoms with van der Waals surface area (Å²) in [6, 6.07) is 7.15. The quantitative estimate of drug-likeness (QED) is 0.886. The van der Waals surface area contributed by atoms with Crippen LogP contribution in [-0.2, 0) is 0 Å². The van der Waals surface area contributed by atoms with Crippen molar-refractivity contribution >= 4 is 11.6 Å². The Kier molecular flexibility index (Phi) is 3.04. The fraction of sp³-hybridized carbons (Fsp3) is 0.0909. The number of carbonyl (C=O) groups excluding carboxylic acids is 1. The molecule has 0 aliphatic heterocycles. The number of hydrogen-bond acceptors (Lipinski definition) is 4. The second-order valence-corrected chi connectivity index (χ2v) is 3.17. The first kappa shape index (κ1) is 11.1. The molecule has 2 aromatic rings. The van der Waals surface area contributed by atoms with Crippen molar-refractivity contribution in [2.75, 3.05) is 12.4 Å². The van der Waals surface area contributed by atoms with Gasteiger partial charge in [0.05, 0.1) is 18.9 Å². The van der Waals surface area contributed by atoms with Crippen molar-refractivity contribution in [1.29, 1.82) is 0 Å². The smallest absolute Gasteiger partial charge is 0.294 e. The number of nitrogens with one attached hydrogen (secondary N) is 1. The number of ether oxygens (including phenoxy) is 1. The van der Waals surface area contributed by atoms with Crippen molar-refractivity contribution in [2.45, 2.75) is 0 Å². The van der Waals surface area contributed by atoms with Crippen molar-refractivity contribution < 1.29 is 18.4 Å². The van der Waals surface area contributed by atoms with Crippen molar-refractivity contribution in [3.05, 3.63) is 41.9 Å². The number of amides is 1. The maximum Gasteiger partial charge on any atom is 0.294 e. The first-order chi connectivity index (χ1) is 8.20. The summed E-state index contributed by atoms with van der Waals surface area (Å²) in [5.74, 6) is -0.980. The molecule has 17 heavy (non-hydrogen) atoms. The molecule has 6 heteroatoms. The monoisotopic (exact) mass is 236 g/mol. The molecule has 1 amide bonds. The van der Waals surface area contributed by atoms with Crippen LogP contribution < -0.4 is 10.1 Å². The Morgan fingerprint density at radius 1 is 1.47 bits per heavy atom. The van der Waals surface area contributed by atoms with Gasteiger partial charge in [0.15, 0.2) is 0 Å². The van der Waals surface area contributed by atoms with E-state index in [0.29, 0.717) is 0 Å². The van der Waals surface area contributed by atoms with E-state index in [1.807, 2.05) is 0 Å². The van der Waals surface area contributed by atoms with Crippen LogP contribution in [0.15, 0.2) is 34.9 Å². The number of nitrogens with zero attached hydrogens (tertiary/aromatic N) is 1. The zero-order valence-electron chi connectivity index (χ0n) is 8.94. The number of benzene rings is 1. The summed E-state index contributed by atoms with van der Waals surface area (Å²) in [5, 5.41) is 5.83. The maximum atomic E-state index is 13.3. The third-order valence-electron chi connectivity index (χ3n) is 2.04. The van der Waals surface area contributed by atoms with E-state index in [1.54, 1.807) is 6.07 Å². The number of carbonyl (C=O) groups is 1. The number of methoxy groups -OCH3 is 1. The van der Waals surface area contributed by atoms with Gasteiger partial charge in [-0.3, -0.25) is 4.79 Å². The minimum Gasteiger partial charge on any atom is -0.479 e. The van der Waals surface area contributed by atoms with Crippen molar-refractivity contribution in [3.8, 4) is 5.88 Å². The molecule has 0 bridgehead atoms. The first-order valence-corrected chi connectivity index (χ1v) is 4.77. The Morgan fingerprint density at radius 2 is 2.24 bits per heavy atom. The molecule has 0 unspecified atom stereocenters. The number of para-hydroxylation sites is 1. The van der Waals surface area contributed by atoms with Gasteiger partial charge in [0, 0.05) is 0 Å². The third-order valence-corrected chi connectivity index (χ3v) is 2.04. The van der Waals surface area contributed by atoms with Gasteiger partial charge < -0.3 is 14.6 Å². The summed E-state index contributed by atoms with van der Waals surface area (Å²) < 4.78 is 22.7. The Balaban J connectivity index is 2.14. The molecule has 1 aromatic carbocycles. The van der Waals surface area contributed by atoms with Gasteiger partial charge in [-0.2, -0.15) is 0 Å². The van der Waals surface area contributed by atoms with Crippen LogP contribution in [0, 0.1) is 5.82 Å². The van der Waals surface area contributed by atoms with Crippen LogP contribution in [0.4, 0.5) is 10.1 Å². The van der Waals surface area contributed by atoms with E-state index < -0.39 is 11.7 Å². The summed E-state index contributed by atoms with van der Waals surface area (Å²) in [5.41, 5.74) is 0.0767. The Labute approximate surface area is 96.2 Å². The molecule has 1 N–H and O–H groups in total. The molecule has 0 spiro atoms. The number of aromatic nitrogens is 1. The molecular formula is C11H9FN2O3. The highest BCUT2D eigenvalue weighted by atomic mass is 19.1. The molecule has 5 nitrogen and oxygen atoms in total. The Bertz CT molecular complexity index is 539. The molecule has 0 fully saturated rings. The molecule has 0 saturated carbocycles. The second-order valence-electron chi connectivity index (χ2n) is 3.17. The third kappa shape index (κ3) is 2.41. The van der Waals surface area contributed by atoms with Crippen LogP contribution in [-0.4, -0.2) is 18.2 Å². The van der Waals surface area contributed by atoms with Crippen LogP contribution in [0.3, 0.4) is 0 Å². The van der Waals surface area contributed by atoms with Crippen molar-refractivity contribution in [1.82, 2.24) is 5.16 Å². The highest BCUT2D eigenvalue weighted by molar-refractivity contribution is 6.02. The molecule has 1 aromatic heterocycles. The van der Waals surface area contributed by atoms with E-state index >= 15 is 0 Å². The van der Waals surface area contributed by atoms with Crippen molar-refractivity contribution in [3.63, 3.8) is 0 Å². The van der Waals surface area contributed by atoms with Gasteiger partial charge in [-0.05, 0) is 17.3 Å². The molecule has 0 atom stereocenters. The summed E-state index contributed by atoms with van der Waals surface area (Å²) in [7, 11) is 1.40. The van der Waals surface area contributed by atoms with Crippen LogP contribution in [0.5, 0.6) is 5.88 Å². The van der Waals surface area contributed by atoms with Gasteiger partial charge in [-0.25, -0.2) is 4.39 Å². The lowest BCUT2D eigenvalue weighted by Gasteiger charge is -2.02. The van der Waals surface area contributed by atoms with Gasteiger partial charge in [-0.1, -0.05) is 12.1 Å². The summed E-state index contributed by atoms with van der Waals surface area (Å²) >= 11 is 0. The van der Waals surface area contributed by atoms with Gasteiger partial charge >= 0.3 is 0 Å². The highest BCUT2D eigenvalue weighted by Crippen LogP contribution is 2.16. The summed E-state index contributed by atoms with van der Waals surface area (Å²) in [4.78, 5) is 11.6. The van der Waals surface area contributed by atoms with Crippen molar-refractivity contribution in [2.24, 2.45) is 0 Å². The summed E-state index contributed by atoms with van der Waals surface area (Å²) in [6.07, 6.45) is 0. The van der Waals surface area contributed by atoms with E-state index in [-0.39, 0.29) is 17.3 Å². The molecule has 0 radical (unpaired) electrons. The molecule has 1 heterocycles. The molecule has 0 aliphatic carbocycles. The number of hydrogen-bond donors (Lipinski definition) is 1. The van der Waals surface area contributed by atoms with Crippen LogP contribution in [0.2, 0.25) is 0 Å². The van der Waals surface area contributed by atoms with E-state index in [2.05, 4.69) is 10.5 Å². The van der Waals surface area contributed by atoms with E-state index in [0.717, 1.165) is 0 Å². The topological polar surface area (TPSA) is 64.4 Å². The van der Waals surface area contributed by atoms with Crippen LogP contribution >= 0.6 is 0 Å².